The van der Waals surface area contributed by atoms with E-state index in [0.717, 1.165) is 12.4 Å². The second-order valence-corrected chi connectivity index (χ2v) is 19.7. The van der Waals surface area contributed by atoms with Crippen molar-refractivity contribution in [2.45, 2.75) is 79.5 Å². The van der Waals surface area contributed by atoms with E-state index in [-0.39, 0.29) is 0 Å². The van der Waals surface area contributed by atoms with Gasteiger partial charge in [-0.2, -0.15) is 0 Å². The summed E-state index contributed by atoms with van der Waals surface area (Å²) in [5.41, 5.74) is 0. The van der Waals surface area contributed by atoms with Crippen LogP contribution in [0.5, 0.6) is 5.75 Å². The van der Waals surface area contributed by atoms with Crippen LogP contribution in [0, 0.1) is 0 Å². The van der Waals surface area contributed by atoms with Crippen molar-refractivity contribution in [2.24, 2.45) is 0 Å². The molecule has 22 heavy (non-hydrogen) atoms. The summed E-state index contributed by atoms with van der Waals surface area (Å²) in [5.74, 6) is 0.977. The minimum absolute atomic E-state index is 0.729. The van der Waals surface area contributed by atoms with E-state index in [4.69, 9.17) is 4.74 Å². The van der Waals surface area contributed by atoms with Crippen LogP contribution < -0.4 is 8.32 Å². The Morgan fingerprint density at radius 1 is 0.864 bits per heavy atom. The molecule has 0 atom stereocenters. The molecule has 0 saturated heterocycles. The van der Waals surface area contributed by atoms with Crippen LogP contribution in [0.3, 0.4) is 0 Å². The van der Waals surface area contributed by atoms with Crippen molar-refractivity contribution in [3.63, 3.8) is 0 Å². The Morgan fingerprint density at radius 3 is 1.86 bits per heavy atom. The first kappa shape index (κ1) is 19.8. The van der Waals surface area contributed by atoms with Crippen LogP contribution in [0.15, 0.2) is 18.5 Å². The summed E-state index contributed by atoms with van der Waals surface area (Å²) >= 11 is -2.32. The van der Waals surface area contributed by atoms with E-state index < -0.39 is 18.4 Å². The molecular weight excluding hydrogens is 377 g/mol. The molecule has 0 saturated carbocycles. The van der Waals surface area contributed by atoms with Crippen LogP contribution in [0.2, 0.25) is 13.3 Å². The number of pyridine rings is 1. The van der Waals surface area contributed by atoms with Gasteiger partial charge < -0.3 is 0 Å². The van der Waals surface area contributed by atoms with Crippen molar-refractivity contribution in [3.8, 4) is 5.75 Å². The van der Waals surface area contributed by atoms with Crippen molar-refractivity contribution in [1.82, 2.24) is 4.98 Å². The maximum atomic E-state index is 5.73. The van der Waals surface area contributed by atoms with Gasteiger partial charge in [0.05, 0.1) is 0 Å². The van der Waals surface area contributed by atoms with Crippen LogP contribution in [-0.4, -0.2) is 30.0 Å². The molecule has 3 heteroatoms. The number of hydrogen-bond acceptors (Lipinski definition) is 2. The zero-order valence-electron chi connectivity index (χ0n) is 15.2. The molecular formula is C19H35NOSn. The molecule has 0 aliphatic carbocycles. The van der Waals surface area contributed by atoms with Gasteiger partial charge >= 0.3 is 142 Å². The average Bonchev–Trinajstić information content (AvgIpc) is 2.55. The summed E-state index contributed by atoms with van der Waals surface area (Å²) < 4.78 is 11.8. The Labute approximate surface area is 141 Å². The van der Waals surface area contributed by atoms with Crippen LogP contribution in [-0.2, 0) is 0 Å². The standard InChI is InChI=1S/C7H8NO.3C4H9.Sn/c1-2-9-7-4-3-5-8-6-7;3*1-3-4-2;/h4-6H,2H2,1H3;3*1,3-4H2,2H3;. The average molecular weight is 412 g/mol. The van der Waals surface area contributed by atoms with Crippen molar-refractivity contribution >= 4 is 22.0 Å². The summed E-state index contributed by atoms with van der Waals surface area (Å²) in [5, 5.41) is 0. The molecule has 1 aromatic rings. The van der Waals surface area contributed by atoms with Gasteiger partial charge in [0.2, 0.25) is 0 Å². The van der Waals surface area contributed by atoms with E-state index in [1.54, 1.807) is 3.58 Å². The zero-order valence-corrected chi connectivity index (χ0v) is 18.0. The number of nitrogens with zero attached hydrogens (tertiary/aromatic N) is 1. The molecule has 0 aliphatic heterocycles. The van der Waals surface area contributed by atoms with Gasteiger partial charge in [0, 0.05) is 0 Å². The van der Waals surface area contributed by atoms with Crippen LogP contribution in [0.4, 0.5) is 0 Å². The topological polar surface area (TPSA) is 22.1 Å². The molecule has 0 fully saturated rings. The van der Waals surface area contributed by atoms with E-state index in [0.29, 0.717) is 0 Å². The SMILES string of the molecule is CCC[CH2][Sn]([CH2]CCC)([CH2]CCC)[c]1cncc(OCC)c1. The van der Waals surface area contributed by atoms with Gasteiger partial charge in [-0.15, -0.1) is 0 Å². The Morgan fingerprint density at radius 2 is 1.41 bits per heavy atom. The molecule has 1 aromatic heterocycles. The summed E-state index contributed by atoms with van der Waals surface area (Å²) in [7, 11) is 0. The number of unbranched alkanes of at least 4 members (excludes halogenated alkanes) is 3. The predicted octanol–water partition coefficient (Wildman–Crippen LogP) is 5.54. The molecule has 0 unspecified atom stereocenters. The van der Waals surface area contributed by atoms with Gasteiger partial charge in [0.1, 0.15) is 0 Å². The molecule has 2 nitrogen and oxygen atoms in total. The number of rotatable bonds is 12. The number of aromatic nitrogens is 1. The third kappa shape index (κ3) is 6.09. The first-order chi connectivity index (χ1) is 10.7. The predicted molar refractivity (Wildman–Crippen MR) is 99.9 cm³/mol. The van der Waals surface area contributed by atoms with E-state index in [2.05, 4.69) is 44.9 Å². The third-order valence-electron chi connectivity index (χ3n) is 4.66. The van der Waals surface area contributed by atoms with Crippen molar-refractivity contribution in [3.05, 3.63) is 18.5 Å². The molecule has 1 rings (SSSR count). The van der Waals surface area contributed by atoms with Crippen molar-refractivity contribution in [1.29, 1.82) is 0 Å². The molecule has 126 valence electrons. The fourth-order valence-corrected chi connectivity index (χ4v) is 19.0. The minimum atomic E-state index is -2.32. The summed E-state index contributed by atoms with van der Waals surface area (Å²) in [6.07, 6.45) is 12.2. The molecule has 0 spiro atoms. The van der Waals surface area contributed by atoms with Gasteiger partial charge in [-0.05, 0) is 0 Å². The van der Waals surface area contributed by atoms with E-state index in [9.17, 15) is 0 Å². The van der Waals surface area contributed by atoms with Crippen molar-refractivity contribution in [2.75, 3.05) is 6.61 Å². The fraction of sp³-hybridized carbons (Fsp3) is 0.737. The summed E-state index contributed by atoms with van der Waals surface area (Å²) in [6.45, 7) is 9.75. The zero-order chi connectivity index (χ0) is 16.3. The van der Waals surface area contributed by atoms with Crippen LogP contribution in [0.1, 0.15) is 66.2 Å². The molecule has 0 radical (unpaired) electrons. The number of hydrogen-bond donors (Lipinski definition) is 0. The van der Waals surface area contributed by atoms with Gasteiger partial charge in [0.25, 0.3) is 0 Å². The summed E-state index contributed by atoms with van der Waals surface area (Å²) in [4.78, 5) is 4.52. The Hall–Kier alpha value is -0.251. The molecule has 0 bridgehead atoms. The van der Waals surface area contributed by atoms with E-state index in [1.165, 1.54) is 51.8 Å². The monoisotopic (exact) mass is 413 g/mol. The Kier molecular flexibility index (Phi) is 10.2. The van der Waals surface area contributed by atoms with Gasteiger partial charge in [0.15, 0.2) is 0 Å². The molecule has 0 aromatic carbocycles. The first-order valence-corrected chi connectivity index (χ1v) is 16.8. The van der Waals surface area contributed by atoms with E-state index in [1.807, 2.05) is 6.20 Å². The van der Waals surface area contributed by atoms with Crippen molar-refractivity contribution < 1.29 is 4.74 Å². The third-order valence-corrected chi connectivity index (χ3v) is 20.2. The normalized spacial score (nSPS) is 11.6. The Balaban J connectivity index is 3.09. The second-order valence-electron chi connectivity index (χ2n) is 6.43. The second kappa shape index (κ2) is 11.3. The molecule has 0 aliphatic rings. The molecule has 0 N–H and O–H groups in total. The van der Waals surface area contributed by atoms with Gasteiger partial charge in [-0.1, -0.05) is 0 Å². The van der Waals surface area contributed by atoms with Gasteiger partial charge in [-0.3, -0.25) is 0 Å². The van der Waals surface area contributed by atoms with Crippen LogP contribution in [0.25, 0.3) is 0 Å². The quantitative estimate of drug-likeness (QED) is 0.421. The first-order valence-electron chi connectivity index (χ1n) is 9.30. The molecule has 1 heterocycles. The van der Waals surface area contributed by atoms with Gasteiger partial charge in [-0.25, -0.2) is 0 Å². The maximum absolute atomic E-state index is 5.73. The van der Waals surface area contributed by atoms with E-state index >= 15 is 0 Å². The number of ether oxygens (including phenoxy) is 1. The molecule has 0 amide bonds. The Bertz CT molecular complexity index is 386. The summed E-state index contributed by atoms with van der Waals surface area (Å²) in [6, 6.07) is 2.34. The fourth-order valence-electron chi connectivity index (χ4n) is 3.31. The van der Waals surface area contributed by atoms with Crippen LogP contribution >= 0.6 is 0 Å².